The van der Waals surface area contributed by atoms with E-state index in [4.69, 9.17) is 5.26 Å². The van der Waals surface area contributed by atoms with E-state index in [1.54, 1.807) is 0 Å². The molecule has 0 bridgehead atoms. The number of hydrogen-bond donors (Lipinski definition) is 0. The Hall–Kier alpha value is -1.82. The third kappa shape index (κ3) is 3.60. The van der Waals surface area contributed by atoms with E-state index in [1.807, 2.05) is 0 Å². The molecule has 0 aromatic heterocycles. The smallest absolute Gasteiger partial charge is 0.446 e. The number of benzene rings is 1. The van der Waals surface area contributed by atoms with Crippen molar-refractivity contribution in [2.24, 2.45) is 0 Å². The van der Waals surface area contributed by atoms with E-state index in [0.717, 1.165) is 13.2 Å². The first-order valence-electron chi connectivity index (χ1n) is 4.90. The van der Waals surface area contributed by atoms with Gasteiger partial charge in [0.2, 0.25) is 0 Å². The second kappa shape index (κ2) is 6.09. The van der Waals surface area contributed by atoms with Crippen LogP contribution < -0.4 is 0 Å². The van der Waals surface area contributed by atoms with E-state index < -0.39 is 51.3 Å². The number of nitriles is 1. The van der Waals surface area contributed by atoms with Crippen molar-refractivity contribution in [1.29, 1.82) is 5.26 Å². The van der Waals surface area contributed by atoms with Crippen LogP contribution in [0.25, 0.3) is 0 Å². The van der Waals surface area contributed by atoms with Crippen molar-refractivity contribution < 1.29 is 31.5 Å². The average molecular weight is 311 g/mol. The van der Waals surface area contributed by atoms with Gasteiger partial charge in [0.1, 0.15) is 6.07 Å². The Labute approximate surface area is 114 Å². The number of nitrogens with zero attached hydrogens (tertiary/aromatic N) is 1. The first kappa shape index (κ1) is 16.2. The Morgan fingerprint density at radius 2 is 2.00 bits per heavy atom. The van der Waals surface area contributed by atoms with Gasteiger partial charge in [-0.25, -0.2) is 13.6 Å². The SMILES string of the molecule is COC(=O)c1c(C(F)F)ccc(SC(F)(F)F)c1C#N. The summed E-state index contributed by atoms with van der Waals surface area (Å²) in [5.74, 6) is -1.29. The van der Waals surface area contributed by atoms with Crippen molar-refractivity contribution >= 4 is 17.7 Å². The van der Waals surface area contributed by atoms with Gasteiger partial charge < -0.3 is 4.74 Å². The standard InChI is InChI=1S/C11H6F5NO2S/c1-19-10(18)8-5(9(12)13)2-3-7(6(8)4-17)20-11(14,15)16/h2-3,9H,1H3. The molecule has 0 aliphatic heterocycles. The Balaban J connectivity index is 3.53. The molecule has 0 saturated heterocycles. The molecular weight excluding hydrogens is 305 g/mol. The number of ether oxygens (including phenoxy) is 1. The van der Waals surface area contributed by atoms with Gasteiger partial charge in [0.25, 0.3) is 6.43 Å². The van der Waals surface area contributed by atoms with E-state index in [0.29, 0.717) is 6.07 Å². The van der Waals surface area contributed by atoms with Crippen LogP contribution in [0.2, 0.25) is 0 Å². The maximum atomic E-state index is 12.8. The van der Waals surface area contributed by atoms with Gasteiger partial charge in [-0.05, 0) is 17.8 Å². The van der Waals surface area contributed by atoms with Crippen LogP contribution in [-0.2, 0) is 4.74 Å². The molecule has 0 amide bonds. The van der Waals surface area contributed by atoms with Gasteiger partial charge in [0.15, 0.2) is 0 Å². The van der Waals surface area contributed by atoms with Gasteiger partial charge in [-0.15, -0.1) is 0 Å². The Bertz CT molecular complexity index is 565. The molecule has 0 fully saturated rings. The number of hydrogen-bond acceptors (Lipinski definition) is 4. The molecule has 0 unspecified atom stereocenters. The molecule has 0 aliphatic rings. The van der Waals surface area contributed by atoms with Crippen LogP contribution in [0.4, 0.5) is 22.0 Å². The van der Waals surface area contributed by atoms with Crippen molar-refractivity contribution in [3.05, 3.63) is 28.8 Å². The first-order valence-corrected chi connectivity index (χ1v) is 5.72. The van der Waals surface area contributed by atoms with Crippen molar-refractivity contribution in [3.8, 4) is 6.07 Å². The van der Waals surface area contributed by atoms with Crippen molar-refractivity contribution in [2.45, 2.75) is 16.8 Å². The summed E-state index contributed by atoms with van der Waals surface area (Å²) in [5, 5.41) is 8.86. The molecule has 0 spiro atoms. The zero-order valence-corrected chi connectivity index (χ0v) is 10.6. The lowest BCUT2D eigenvalue weighted by Crippen LogP contribution is -2.11. The van der Waals surface area contributed by atoms with Crippen LogP contribution >= 0.6 is 11.8 Å². The third-order valence-corrected chi connectivity index (χ3v) is 2.95. The minimum Gasteiger partial charge on any atom is -0.465 e. The summed E-state index contributed by atoms with van der Waals surface area (Å²) in [6, 6.07) is 2.74. The molecule has 20 heavy (non-hydrogen) atoms. The summed E-state index contributed by atoms with van der Waals surface area (Å²) in [6.07, 6.45) is -3.12. The molecule has 0 heterocycles. The molecule has 1 aromatic carbocycles. The number of thioether (sulfide) groups is 1. The molecule has 108 valence electrons. The second-order valence-corrected chi connectivity index (χ2v) is 4.46. The normalized spacial score (nSPS) is 11.3. The predicted molar refractivity (Wildman–Crippen MR) is 59.4 cm³/mol. The molecule has 1 aromatic rings. The number of esters is 1. The summed E-state index contributed by atoms with van der Waals surface area (Å²) in [5.41, 5.74) is -7.19. The van der Waals surface area contributed by atoms with E-state index in [1.165, 1.54) is 6.07 Å². The van der Waals surface area contributed by atoms with Gasteiger partial charge in [-0.3, -0.25) is 0 Å². The monoisotopic (exact) mass is 311 g/mol. The topological polar surface area (TPSA) is 50.1 Å². The highest BCUT2D eigenvalue weighted by Gasteiger charge is 2.33. The number of carbonyl (C=O) groups is 1. The number of carbonyl (C=O) groups excluding carboxylic acids is 1. The van der Waals surface area contributed by atoms with E-state index >= 15 is 0 Å². The number of halogens is 5. The Morgan fingerprint density at radius 3 is 2.40 bits per heavy atom. The van der Waals surface area contributed by atoms with E-state index in [9.17, 15) is 26.7 Å². The minimum absolute atomic E-state index is 0.634. The maximum absolute atomic E-state index is 12.8. The Morgan fingerprint density at radius 1 is 1.40 bits per heavy atom. The van der Waals surface area contributed by atoms with Gasteiger partial charge in [-0.1, -0.05) is 6.07 Å². The first-order chi connectivity index (χ1) is 9.21. The molecule has 3 nitrogen and oxygen atoms in total. The van der Waals surface area contributed by atoms with Crippen LogP contribution in [0.3, 0.4) is 0 Å². The molecule has 9 heteroatoms. The lowest BCUT2D eigenvalue weighted by Gasteiger charge is -2.13. The van der Waals surface area contributed by atoms with Gasteiger partial charge in [0, 0.05) is 10.5 Å². The lowest BCUT2D eigenvalue weighted by molar-refractivity contribution is -0.0328. The van der Waals surface area contributed by atoms with Crippen molar-refractivity contribution in [1.82, 2.24) is 0 Å². The van der Waals surface area contributed by atoms with Crippen LogP contribution in [0.15, 0.2) is 17.0 Å². The molecular formula is C11H6F5NO2S. The molecule has 0 saturated carbocycles. The number of alkyl halides is 5. The van der Waals surface area contributed by atoms with Crippen LogP contribution in [0.1, 0.15) is 27.9 Å². The van der Waals surface area contributed by atoms with Gasteiger partial charge >= 0.3 is 11.5 Å². The number of methoxy groups -OCH3 is 1. The fraction of sp³-hybridized carbons (Fsp3) is 0.273. The molecule has 1 rings (SSSR count). The van der Waals surface area contributed by atoms with Crippen LogP contribution in [0.5, 0.6) is 0 Å². The minimum atomic E-state index is -4.72. The third-order valence-electron chi connectivity index (χ3n) is 2.16. The van der Waals surface area contributed by atoms with E-state index in [2.05, 4.69) is 4.74 Å². The average Bonchev–Trinajstić information content (AvgIpc) is 2.34. The van der Waals surface area contributed by atoms with Crippen LogP contribution in [0, 0.1) is 11.3 Å². The predicted octanol–water partition coefficient (Wildman–Crippen LogP) is 3.89. The fourth-order valence-corrected chi connectivity index (χ4v) is 2.06. The van der Waals surface area contributed by atoms with E-state index in [-0.39, 0.29) is 0 Å². The Kier molecular flexibility index (Phi) is 4.94. The van der Waals surface area contributed by atoms with Crippen molar-refractivity contribution in [3.63, 3.8) is 0 Å². The highest BCUT2D eigenvalue weighted by Crippen LogP contribution is 2.41. The maximum Gasteiger partial charge on any atom is 0.446 e. The lowest BCUT2D eigenvalue weighted by atomic mass is 10.0. The molecule has 0 radical (unpaired) electrons. The van der Waals surface area contributed by atoms with Gasteiger partial charge in [-0.2, -0.15) is 18.4 Å². The highest BCUT2D eigenvalue weighted by atomic mass is 32.2. The molecule has 0 aliphatic carbocycles. The summed E-state index contributed by atoms with van der Waals surface area (Å²) < 4.78 is 66.7. The quantitative estimate of drug-likeness (QED) is 0.483. The molecule has 0 N–H and O–H groups in total. The summed E-state index contributed by atoms with van der Waals surface area (Å²) >= 11 is -0.661. The molecule has 0 atom stereocenters. The highest BCUT2D eigenvalue weighted by molar-refractivity contribution is 8.00. The second-order valence-electron chi connectivity index (χ2n) is 3.35. The number of rotatable bonds is 3. The summed E-state index contributed by atoms with van der Waals surface area (Å²) in [6.45, 7) is 0. The summed E-state index contributed by atoms with van der Waals surface area (Å²) in [4.78, 5) is 10.8. The van der Waals surface area contributed by atoms with Gasteiger partial charge in [0.05, 0.1) is 18.2 Å². The van der Waals surface area contributed by atoms with Crippen molar-refractivity contribution in [2.75, 3.05) is 7.11 Å². The fourth-order valence-electron chi connectivity index (χ4n) is 1.42. The van der Waals surface area contributed by atoms with Crippen LogP contribution in [-0.4, -0.2) is 18.6 Å². The largest absolute Gasteiger partial charge is 0.465 e. The zero-order valence-electron chi connectivity index (χ0n) is 9.79. The summed E-state index contributed by atoms with van der Waals surface area (Å²) in [7, 11) is 0.877. The zero-order chi connectivity index (χ0) is 15.5.